The van der Waals surface area contributed by atoms with E-state index < -0.39 is 0 Å². The van der Waals surface area contributed by atoms with Crippen molar-refractivity contribution < 1.29 is 9.13 Å². The van der Waals surface area contributed by atoms with Crippen molar-refractivity contribution in [3.05, 3.63) is 70.6 Å². The van der Waals surface area contributed by atoms with Crippen molar-refractivity contribution in [3.8, 4) is 11.6 Å². The van der Waals surface area contributed by atoms with Crippen LogP contribution < -0.4 is 4.74 Å². The van der Waals surface area contributed by atoms with Gasteiger partial charge in [0.15, 0.2) is 10.3 Å². The fraction of sp³-hybridized carbons (Fsp3) is 0.200. The fourth-order valence-corrected chi connectivity index (χ4v) is 4.45. The van der Waals surface area contributed by atoms with Crippen LogP contribution in [-0.4, -0.2) is 24.7 Å². The first-order chi connectivity index (χ1) is 14.2. The van der Waals surface area contributed by atoms with Gasteiger partial charge in [-0.15, -0.1) is 21.5 Å². The molecule has 3 aromatic heterocycles. The van der Waals surface area contributed by atoms with Gasteiger partial charge in [0.25, 0.3) is 0 Å². The molecule has 3 heterocycles. The van der Waals surface area contributed by atoms with E-state index in [1.807, 2.05) is 6.07 Å². The number of aromatic nitrogens is 5. The first-order valence-electron chi connectivity index (χ1n) is 9.15. The van der Waals surface area contributed by atoms with Crippen LogP contribution >= 0.6 is 23.1 Å². The van der Waals surface area contributed by atoms with E-state index in [9.17, 15) is 4.39 Å². The molecule has 0 atom stereocenters. The number of thiophene rings is 1. The number of hydrogen-bond acceptors (Lipinski definition) is 7. The number of rotatable bonds is 7. The third-order valence-electron chi connectivity index (χ3n) is 4.39. The Morgan fingerprint density at radius 3 is 2.76 bits per heavy atom. The molecule has 0 unspecified atom stereocenters. The van der Waals surface area contributed by atoms with Gasteiger partial charge < -0.3 is 9.30 Å². The number of nitrogens with zero attached hydrogens (tertiary/aromatic N) is 5. The SMILES string of the molecule is Fc1ccc(Oc2ccnc(Sc3nnc(Cc4cccs4)n3C3CC3)n2)cc1. The zero-order valence-electron chi connectivity index (χ0n) is 15.2. The standard InChI is InChI=1S/C20H16FN5OS2/c21-13-3-7-15(8-4-13)27-18-9-10-22-19(23-18)29-20-25-24-17(26(20)14-5-6-14)12-16-2-1-11-28-16/h1-4,7-11,14H,5-6,12H2. The summed E-state index contributed by atoms with van der Waals surface area (Å²) in [5, 5.41) is 12.2. The molecular formula is C20H16FN5OS2. The van der Waals surface area contributed by atoms with Crippen molar-refractivity contribution in [2.75, 3.05) is 0 Å². The highest BCUT2D eigenvalue weighted by Crippen LogP contribution is 2.40. The Hall–Kier alpha value is -2.78. The summed E-state index contributed by atoms with van der Waals surface area (Å²) >= 11 is 3.10. The van der Waals surface area contributed by atoms with Crippen molar-refractivity contribution in [1.29, 1.82) is 0 Å². The Morgan fingerprint density at radius 1 is 1.14 bits per heavy atom. The van der Waals surface area contributed by atoms with Gasteiger partial charge in [0.1, 0.15) is 17.4 Å². The monoisotopic (exact) mass is 425 g/mol. The minimum atomic E-state index is -0.311. The molecule has 146 valence electrons. The maximum atomic E-state index is 13.1. The van der Waals surface area contributed by atoms with Gasteiger partial charge in [-0.25, -0.2) is 9.37 Å². The van der Waals surface area contributed by atoms with E-state index >= 15 is 0 Å². The van der Waals surface area contributed by atoms with E-state index in [4.69, 9.17) is 4.74 Å². The van der Waals surface area contributed by atoms with Gasteiger partial charge in [-0.1, -0.05) is 6.07 Å². The summed E-state index contributed by atoms with van der Waals surface area (Å²) in [4.78, 5) is 10.0. The van der Waals surface area contributed by atoms with Crippen LogP contribution in [0.25, 0.3) is 0 Å². The van der Waals surface area contributed by atoms with Gasteiger partial charge in [0, 0.05) is 29.6 Å². The molecule has 0 spiro atoms. The Balaban J connectivity index is 1.36. The predicted octanol–water partition coefficient (Wildman–Crippen LogP) is 5.14. The topological polar surface area (TPSA) is 65.7 Å². The first-order valence-corrected chi connectivity index (χ1v) is 10.8. The Morgan fingerprint density at radius 2 is 2.00 bits per heavy atom. The molecule has 0 aliphatic heterocycles. The van der Waals surface area contributed by atoms with Crippen molar-refractivity contribution in [3.63, 3.8) is 0 Å². The molecule has 1 aromatic carbocycles. The van der Waals surface area contributed by atoms with Crippen LogP contribution in [0.1, 0.15) is 29.6 Å². The average molecular weight is 426 g/mol. The van der Waals surface area contributed by atoms with Crippen molar-refractivity contribution in [2.45, 2.75) is 35.6 Å². The molecule has 0 saturated heterocycles. The summed E-state index contributed by atoms with van der Waals surface area (Å²) in [6, 6.07) is 12.1. The zero-order chi connectivity index (χ0) is 19.6. The van der Waals surface area contributed by atoms with Gasteiger partial charge >= 0.3 is 0 Å². The second-order valence-electron chi connectivity index (χ2n) is 6.59. The number of ether oxygens (including phenoxy) is 1. The van der Waals surface area contributed by atoms with Gasteiger partial charge in [0.05, 0.1) is 0 Å². The van der Waals surface area contributed by atoms with Crippen LogP contribution in [0.2, 0.25) is 0 Å². The van der Waals surface area contributed by atoms with Crippen LogP contribution in [0, 0.1) is 5.82 Å². The normalized spacial score (nSPS) is 13.6. The van der Waals surface area contributed by atoms with Crippen molar-refractivity contribution >= 4 is 23.1 Å². The van der Waals surface area contributed by atoms with E-state index in [1.165, 1.54) is 28.8 Å². The lowest BCUT2D eigenvalue weighted by atomic mass is 10.3. The highest BCUT2D eigenvalue weighted by molar-refractivity contribution is 7.99. The third kappa shape index (κ3) is 4.30. The second-order valence-corrected chi connectivity index (χ2v) is 8.56. The fourth-order valence-electron chi connectivity index (χ4n) is 2.90. The third-order valence-corrected chi connectivity index (χ3v) is 6.10. The summed E-state index contributed by atoms with van der Waals surface area (Å²) in [6.45, 7) is 0. The highest BCUT2D eigenvalue weighted by atomic mass is 32.2. The minimum Gasteiger partial charge on any atom is -0.439 e. The lowest BCUT2D eigenvalue weighted by molar-refractivity contribution is 0.454. The van der Waals surface area contributed by atoms with Crippen molar-refractivity contribution in [2.24, 2.45) is 0 Å². The van der Waals surface area contributed by atoms with Gasteiger partial charge in [-0.3, -0.25) is 0 Å². The average Bonchev–Trinajstić information content (AvgIpc) is 3.28. The lowest BCUT2D eigenvalue weighted by Gasteiger charge is -2.08. The second kappa shape index (κ2) is 7.92. The summed E-state index contributed by atoms with van der Waals surface area (Å²) in [5.74, 6) is 1.57. The maximum Gasteiger partial charge on any atom is 0.223 e. The predicted molar refractivity (Wildman–Crippen MR) is 108 cm³/mol. The molecule has 9 heteroatoms. The molecule has 0 N–H and O–H groups in total. The number of benzene rings is 1. The van der Waals surface area contributed by atoms with Crippen LogP contribution in [-0.2, 0) is 6.42 Å². The summed E-state index contributed by atoms with van der Waals surface area (Å²) < 4.78 is 21.0. The molecule has 29 heavy (non-hydrogen) atoms. The van der Waals surface area contributed by atoms with Crippen LogP contribution in [0.4, 0.5) is 4.39 Å². The molecule has 0 radical (unpaired) electrons. The largest absolute Gasteiger partial charge is 0.439 e. The summed E-state index contributed by atoms with van der Waals surface area (Å²) in [7, 11) is 0. The van der Waals surface area contributed by atoms with E-state index in [0.29, 0.717) is 22.8 Å². The molecule has 1 aliphatic carbocycles. The van der Waals surface area contributed by atoms with Crippen LogP contribution in [0.15, 0.2) is 64.4 Å². The van der Waals surface area contributed by atoms with Crippen LogP contribution in [0.3, 0.4) is 0 Å². The molecule has 5 rings (SSSR count). The van der Waals surface area contributed by atoms with Gasteiger partial charge in [-0.05, 0) is 60.3 Å². The molecule has 1 fully saturated rings. The van der Waals surface area contributed by atoms with E-state index in [0.717, 1.165) is 30.2 Å². The molecule has 1 aliphatic rings. The molecule has 0 bridgehead atoms. The van der Waals surface area contributed by atoms with Gasteiger partial charge in [-0.2, -0.15) is 4.98 Å². The number of halogens is 1. The molecule has 1 saturated carbocycles. The first kappa shape index (κ1) is 18.3. The van der Waals surface area contributed by atoms with Gasteiger partial charge in [0.2, 0.25) is 5.88 Å². The Labute approximate surface area is 174 Å². The minimum absolute atomic E-state index is 0.311. The van der Waals surface area contributed by atoms with Crippen LogP contribution in [0.5, 0.6) is 11.6 Å². The molecule has 4 aromatic rings. The molecular weight excluding hydrogens is 409 g/mol. The smallest absolute Gasteiger partial charge is 0.223 e. The molecule has 0 amide bonds. The zero-order valence-corrected chi connectivity index (χ0v) is 16.9. The quantitative estimate of drug-likeness (QED) is 0.382. The van der Waals surface area contributed by atoms with E-state index in [-0.39, 0.29) is 5.82 Å². The number of hydrogen-bond donors (Lipinski definition) is 0. The van der Waals surface area contributed by atoms with Crippen molar-refractivity contribution in [1.82, 2.24) is 24.7 Å². The van der Waals surface area contributed by atoms with E-state index in [2.05, 4.69) is 36.2 Å². The Kier molecular flexibility index (Phi) is 4.99. The highest BCUT2D eigenvalue weighted by Gasteiger charge is 2.30. The molecule has 6 nitrogen and oxygen atoms in total. The lowest BCUT2D eigenvalue weighted by Crippen LogP contribution is -2.03. The summed E-state index contributed by atoms with van der Waals surface area (Å²) in [6.07, 6.45) is 4.68. The summed E-state index contributed by atoms with van der Waals surface area (Å²) in [5.41, 5.74) is 0. The Bertz CT molecular complexity index is 1110. The maximum absolute atomic E-state index is 13.1. The van der Waals surface area contributed by atoms with E-state index in [1.54, 1.807) is 35.7 Å².